The van der Waals surface area contributed by atoms with Crippen molar-refractivity contribution >= 4 is 0 Å². The number of hydrogen-bond donors (Lipinski definition) is 0. The van der Waals surface area contributed by atoms with Gasteiger partial charge in [-0.3, -0.25) is 4.68 Å². The summed E-state index contributed by atoms with van der Waals surface area (Å²) < 4.78 is 1.96. The molecule has 4 nitrogen and oxygen atoms in total. The summed E-state index contributed by atoms with van der Waals surface area (Å²) in [6, 6.07) is 2.63. The van der Waals surface area contributed by atoms with E-state index in [4.69, 9.17) is 5.26 Å². The van der Waals surface area contributed by atoms with Crippen molar-refractivity contribution in [3.8, 4) is 6.07 Å². The molecule has 2 heterocycles. The Hall–Kier alpha value is -1.34. The Kier molecular flexibility index (Phi) is 2.03. The van der Waals surface area contributed by atoms with E-state index in [0.29, 0.717) is 12.5 Å². The number of hydrogen-bond acceptors (Lipinski definition) is 3. The van der Waals surface area contributed by atoms with Gasteiger partial charge in [-0.2, -0.15) is 10.4 Å². The SMILES string of the molecule is CN1CC(n2cc(CC#N)cn2)C1. The normalized spacial score (nSPS) is 18.2. The maximum absolute atomic E-state index is 8.49. The lowest BCUT2D eigenvalue weighted by Gasteiger charge is -2.36. The van der Waals surface area contributed by atoms with Crippen LogP contribution in [0.5, 0.6) is 0 Å². The number of likely N-dealkylation sites (tertiary alicyclic amines) is 1. The molecule has 1 aliphatic heterocycles. The van der Waals surface area contributed by atoms with Gasteiger partial charge in [0, 0.05) is 24.8 Å². The molecular formula is C9H12N4. The fraction of sp³-hybridized carbons (Fsp3) is 0.556. The predicted molar refractivity (Wildman–Crippen MR) is 48.1 cm³/mol. The van der Waals surface area contributed by atoms with E-state index in [1.165, 1.54) is 0 Å². The van der Waals surface area contributed by atoms with Crippen molar-refractivity contribution in [2.24, 2.45) is 0 Å². The predicted octanol–water partition coefficient (Wildman–Crippen LogP) is 0.436. The second-order valence-electron chi connectivity index (χ2n) is 3.54. The number of nitrogens with zero attached hydrogens (tertiary/aromatic N) is 4. The van der Waals surface area contributed by atoms with Gasteiger partial charge >= 0.3 is 0 Å². The van der Waals surface area contributed by atoms with Crippen molar-refractivity contribution < 1.29 is 0 Å². The number of aromatic nitrogens is 2. The van der Waals surface area contributed by atoms with Gasteiger partial charge in [-0.1, -0.05) is 0 Å². The lowest BCUT2D eigenvalue weighted by atomic mass is 10.1. The third-order valence-electron chi connectivity index (χ3n) is 2.36. The third kappa shape index (κ3) is 1.56. The molecule has 0 N–H and O–H groups in total. The van der Waals surface area contributed by atoms with Crippen molar-refractivity contribution in [2.45, 2.75) is 12.5 Å². The summed E-state index contributed by atoms with van der Waals surface area (Å²) in [4.78, 5) is 2.25. The molecule has 13 heavy (non-hydrogen) atoms. The zero-order valence-electron chi connectivity index (χ0n) is 7.64. The molecule has 4 heteroatoms. The summed E-state index contributed by atoms with van der Waals surface area (Å²) in [7, 11) is 2.09. The van der Waals surface area contributed by atoms with Gasteiger partial charge in [0.05, 0.1) is 24.7 Å². The van der Waals surface area contributed by atoms with Gasteiger partial charge in [0.25, 0.3) is 0 Å². The second kappa shape index (κ2) is 3.19. The summed E-state index contributed by atoms with van der Waals surface area (Å²) in [5, 5.41) is 12.7. The summed E-state index contributed by atoms with van der Waals surface area (Å²) in [5.41, 5.74) is 1.01. The van der Waals surface area contributed by atoms with Crippen LogP contribution in [0.25, 0.3) is 0 Å². The van der Waals surface area contributed by atoms with Crippen LogP contribution in [0.4, 0.5) is 0 Å². The molecule has 0 saturated carbocycles. The third-order valence-corrected chi connectivity index (χ3v) is 2.36. The lowest BCUT2D eigenvalue weighted by Crippen LogP contribution is -2.45. The van der Waals surface area contributed by atoms with Gasteiger partial charge in [-0.05, 0) is 7.05 Å². The highest BCUT2D eigenvalue weighted by atomic mass is 15.4. The Bertz CT molecular complexity index is 330. The van der Waals surface area contributed by atoms with E-state index in [2.05, 4.69) is 23.1 Å². The fourth-order valence-corrected chi connectivity index (χ4v) is 1.59. The van der Waals surface area contributed by atoms with Crippen molar-refractivity contribution in [2.75, 3.05) is 20.1 Å². The van der Waals surface area contributed by atoms with Crippen molar-refractivity contribution in [1.82, 2.24) is 14.7 Å². The first-order valence-electron chi connectivity index (χ1n) is 4.38. The van der Waals surface area contributed by atoms with Crippen LogP contribution in [0.2, 0.25) is 0 Å². The molecule has 1 saturated heterocycles. The molecule has 2 rings (SSSR count). The van der Waals surface area contributed by atoms with E-state index < -0.39 is 0 Å². The smallest absolute Gasteiger partial charge is 0.0772 e. The first-order chi connectivity index (χ1) is 6.29. The number of rotatable bonds is 2. The minimum Gasteiger partial charge on any atom is -0.302 e. The van der Waals surface area contributed by atoms with E-state index in [1.54, 1.807) is 6.20 Å². The van der Waals surface area contributed by atoms with Crippen molar-refractivity contribution in [3.63, 3.8) is 0 Å². The molecule has 0 spiro atoms. The molecule has 0 bridgehead atoms. The average molecular weight is 176 g/mol. The monoisotopic (exact) mass is 176 g/mol. The Morgan fingerprint density at radius 1 is 1.69 bits per heavy atom. The topological polar surface area (TPSA) is 44.9 Å². The average Bonchev–Trinajstić information content (AvgIpc) is 2.48. The van der Waals surface area contributed by atoms with Crippen LogP contribution in [0.3, 0.4) is 0 Å². The van der Waals surface area contributed by atoms with Crippen LogP contribution in [0.1, 0.15) is 11.6 Å². The Labute approximate surface area is 77.4 Å². The van der Waals surface area contributed by atoms with Gasteiger partial charge in [0.1, 0.15) is 0 Å². The zero-order chi connectivity index (χ0) is 9.26. The van der Waals surface area contributed by atoms with E-state index in [9.17, 15) is 0 Å². The van der Waals surface area contributed by atoms with Gasteiger partial charge < -0.3 is 4.90 Å². The first kappa shape index (κ1) is 8.27. The second-order valence-corrected chi connectivity index (χ2v) is 3.54. The van der Waals surface area contributed by atoms with Crippen LogP contribution in [-0.2, 0) is 6.42 Å². The van der Waals surface area contributed by atoms with E-state index in [1.807, 2.05) is 10.9 Å². The van der Waals surface area contributed by atoms with Crippen LogP contribution in [0, 0.1) is 11.3 Å². The highest BCUT2D eigenvalue weighted by molar-refractivity contribution is 5.10. The molecule has 0 amide bonds. The summed E-state index contributed by atoms with van der Waals surface area (Å²) >= 11 is 0. The minimum absolute atomic E-state index is 0.461. The summed E-state index contributed by atoms with van der Waals surface area (Å²) in [5.74, 6) is 0. The number of likely N-dealkylation sites (N-methyl/N-ethyl adjacent to an activating group) is 1. The molecular weight excluding hydrogens is 164 g/mol. The minimum atomic E-state index is 0.461. The van der Waals surface area contributed by atoms with Crippen LogP contribution < -0.4 is 0 Å². The molecule has 1 fully saturated rings. The van der Waals surface area contributed by atoms with Crippen LogP contribution >= 0.6 is 0 Å². The largest absolute Gasteiger partial charge is 0.302 e. The molecule has 68 valence electrons. The molecule has 0 unspecified atom stereocenters. The highest BCUT2D eigenvalue weighted by Crippen LogP contribution is 2.18. The summed E-state index contributed by atoms with van der Waals surface area (Å²) in [6.45, 7) is 2.13. The maximum Gasteiger partial charge on any atom is 0.0772 e. The van der Waals surface area contributed by atoms with Gasteiger partial charge in [-0.25, -0.2) is 0 Å². The van der Waals surface area contributed by atoms with Gasteiger partial charge in [-0.15, -0.1) is 0 Å². The maximum atomic E-state index is 8.49. The van der Waals surface area contributed by atoms with Crippen LogP contribution in [0.15, 0.2) is 12.4 Å². The molecule has 0 atom stereocenters. The molecule has 1 aromatic heterocycles. The Balaban J connectivity index is 2.02. The molecule has 0 aliphatic carbocycles. The molecule has 1 aliphatic rings. The van der Waals surface area contributed by atoms with Crippen molar-refractivity contribution in [3.05, 3.63) is 18.0 Å². The molecule has 0 radical (unpaired) electrons. The Morgan fingerprint density at radius 3 is 3.08 bits per heavy atom. The van der Waals surface area contributed by atoms with E-state index in [0.717, 1.165) is 18.7 Å². The van der Waals surface area contributed by atoms with Gasteiger partial charge in [0.15, 0.2) is 0 Å². The molecule has 0 aromatic carbocycles. The van der Waals surface area contributed by atoms with Crippen molar-refractivity contribution in [1.29, 1.82) is 5.26 Å². The quantitative estimate of drug-likeness (QED) is 0.656. The lowest BCUT2D eigenvalue weighted by molar-refractivity contribution is 0.130. The first-order valence-corrected chi connectivity index (χ1v) is 4.38. The number of nitriles is 1. The van der Waals surface area contributed by atoms with E-state index in [-0.39, 0.29) is 0 Å². The highest BCUT2D eigenvalue weighted by Gasteiger charge is 2.25. The fourth-order valence-electron chi connectivity index (χ4n) is 1.59. The van der Waals surface area contributed by atoms with Crippen LogP contribution in [-0.4, -0.2) is 34.8 Å². The standard InChI is InChI=1S/C9H12N4/c1-12-6-9(7-12)13-5-8(2-3-10)4-11-13/h4-5,9H,2,6-7H2,1H3. The van der Waals surface area contributed by atoms with E-state index >= 15 is 0 Å². The zero-order valence-corrected chi connectivity index (χ0v) is 7.64. The van der Waals surface area contributed by atoms with Gasteiger partial charge in [0.2, 0.25) is 0 Å². The summed E-state index contributed by atoms with van der Waals surface area (Å²) in [6.07, 6.45) is 4.21. The Morgan fingerprint density at radius 2 is 2.46 bits per heavy atom. The molecule has 1 aromatic rings.